The first-order chi connectivity index (χ1) is 13.1. The molecule has 0 aromatic heterocycles. The van der Waals surface area contributed by atoms with Gasteiger partial charge in [-0.15, -0.1) is 0 Å². The maximum atomic E-state index is 12.3. The lowest BCUT2D eigenvalue weighted by molar-refractivity contribution is -0.384. The number of nitrogens with zero attached hydrogens (tertiary/aromatic N) is 1. The summed E-state index contributed by atoms with van der Waals surface area (Å²) in [5, 5.41) is 25.3. The molecule has 0 aliphatic heterocycles. The van der Waals surface area contributed by atoms with Gasteiger partial charge >= 0.3 is 0 Å². The van der Waals surface area contributed by atoms with Crippen LogP contribution in [0.4, 0.5) is 11.4 Å². The van der Waals surface area contributed by atoms with Crippen molar-refractivity contribution in [3.8, 4) is 0 Å². The van der Waals surface area contributed by atoms with Crippen LogP contribution in [-0.2, 0) is 11.2 Å². The summed E-state index contributed by atoms with van der Waals surface area (Å²) in [6, 6.07) is 10.3. The molecule has 3 N–H and O–H groups in total. The Kier molecular flexibility index (Phi) is 6.71. The normalized spacial score (nSPS) is 11.0. The zero-order chi connectivity index (χ0) is 20.9. The van der Waals surface area contributed by atoms with Gasteiger partial charge in [0.2, 0.25) is 5.91 Å². The van der Waals surface area contributed by atoms with Crippen molar-refractivity contribution in [2.45, 2.75) is 25.8 Å². The Balaban J connectivity index is 2.01. The van der Waals surface area contributed by atoms with E-state index in [1.54, 1.807) is 38.1 Å². The molecule has 8 nitrogen and oxygen atoms in total. The number of halogens is 1. The summed E-state index contributed by atoms with van der Waals surface area (Å²) in [5.74, 6) is -0.733. The standard InChI is InChI=1S/C19H20ClN3O5/c1-19(2,11-24)22-17(25)9-12-3-5-13(6-4-12)21-18(26)15-8-7-14(23(27)28)10-16(15)20/h3-8,10,24H,9,11H2,1-2H3,(H,21,26)(H,22,25). The highest BCUT2D eigenvalue weighted by Crippen LogP contribution is 2.23. The van der Waals surface area contributed by atoms with Crippen LogP contribution < -0.4 is 10.6 Å². The minimum absolute atomic E-state index is 0.0218. The van der Waals surface area contributed by atoms with Crippen molar-refractivity contribution in [1.29, 1.82) is 0 Å². The smallest absolute Gasteiger partial charge is 0.270 e. The van der Waals surface area contributed by atoms with Crippen molar-refractivity contribution < 1.29 is 19.6 Å². The Morgan fingerprint density at radius 1 is 1.18 bits per heavy atom. The summed E-state index contributed by atoms with van der Waals surface area (Å²) in [6.45, 7) is 3.26. The maximum Gasteiger partial charge on any atom is 0.270 e. The van der Waals surface area contributed by atoms with Crippen molar-refractivity contribution in [3.63, 3.8) is 0 Å². The number of nitrogens with one attached hydrogen (secondary N) is 2. The first-order valence-electron chi connectivity index (χ1n) is 8.37. The first-order valence-corrected chi connectivity index (χ1v) is 8.75. The molecule has 0 unspecified atom stereocenters. The van der Waals surface area contributed by atoms with Gasteiger partial charge in [0, 0.05) is 17.8 Å². The van der Waals surface area contributed by atoms with Crippen LogP contribution in [0.5, 0.6) is 0 Å². The summed E-state index contributed by atoms with van der Waals surface area (Å²) in [5.41, 5.74) is 0.432. The molecule has 2 amide bonds. The van der Waals surface area contributed by atoms with E-state index in [-0.39, 0.29) is 35.2 Å². The van der Waals surface area contributed by atoms with Gasteiger partial charge in [-0.1, -0.05) is 23.7 Å². The van der Waals surface area contributed by atoms with Crippen LogP contribution in [0.2, 0.25) is 5.02 Å². The third-order valence-electron chi connectivity index (χ3n) is 3.86. The average molecular weight is 406 g/mol. The summed E-state index contributed by atoms with van der Waals surface area (Å²) >= 11 is 5.95. The monoisotopic (exact) mass is 405 g/mol. The van der Waals surface area contributed by atoms with Crippen LogP contribution in [0.25, 0.3) is 0 Å². The first kappa shape index (κ1) is 21.3. The number of non-ortho nitro benzene ring substituents is 1. The second-order valence-electron chi connectivity index (χ2n) is 6.84. The van der Waals surface area contributed by atoms with Crippen LogP contribution in [0.1, 0.15) is 29.8 Å². The van der Waals surface area contributed by atoms with Gasteiger partial charge in [-0.05, 0) is 37.6 Å². The fourth-order valence-electron chi connectivity index (χ4n) is 2.35. The molecule has 2 aromatic rings. The third-order valence-corrected chi connectivity index (χ3v) is 4.17. The lowest BCUT2D eigenvalue weighted by Crippen LogP contribution is -2.46. The molecule has 2 aromatic carbocycles. The predicted molar refractivity (Wildman–Crippen MR) is 106 cm³/mol. The van der Waals surface area contributed by atoms with Crippen molar-refractivity contribution >= 4 is 34.8 Å². The van der Waals surface area contributed by atoms with Crippen LogP contribution in [-0.4, -0.2) is 34.0 Å². The number of nitro benzene ring substituents is 1. The largest absolute Gasteiger partial charge is 0.394 e. The van der Waals surface area contributed by atoms with Crippen LogP contribution in [0, 0.1) is 10.1 Å². The quantitative estimate of drug-likeness (QED) is 0.483. The molecule has 0 atom stereocenters. The summed E-state index contributed by atoms with van der Waals surface area (Å²) in [6.07, 6.45) is 0.131. The second-order valence-corrected chi connectivity index (χ2v) is 7.25. The molecule has 0 spiro atoms. The van der Waals surface area contributed by atoms with Crippen LogP contribution in [0.15, 0.2) is 42.5 Å². The number of rotatable bonds is 7. The number of amides is 2. The SMILES string of the molecule is CC(C)(CO)NC(=O)Cc1ccc(NC(=O)c2ccc([N+](=O)[O-])cc2Cl)cc1. The average Bonchev–Trinajstić information content (AvgIpc) is 2.62. The topological polar surface area (TPSA) is 122 Å². The van der Waals surface area contributed by atoms with Crippen LogP contribution in [0.3, 0.4) is 0 Å². The molecular weight excluding hydrogens is 386 g/mol. The van der Waals surface area contributed by atoms with Gasteiger partial charge in [0.25, 0.3) is 11.6 Å². The highest BCUT2D eigenvalue weighted by atomic mass is 35.5. The predicted octanol–water partition coefficient (Wildman–Crippen LogP) is 2.93. The highest BCUT2D eigenvalue weighted by Gasteiger charge is 2.19. The highest BCUT2D eigenvalue weighted by molar-refractivity contribution is 6.34. The Morgan fingerprint density at radius 2 is 1.82 bits per heavy atom. The second kappa shape index (κ2) is 8.81. The van der Waals surface area contributed by atoms with Gasteiger partial charge in [-0.2, -0.15) is 0 Å². The molecule has 0 aliphatic rings. The number of anilines is 1. The molecule has 0 heterocycles. The van der Waals surface area contributed by atoms with Gasteiger partial charge in [0.05, 0.1) is 34.1 Å². The van der Waals surface area contributed by atoms with E-state index in [0.29, 0.717) is 5.69 Å². The zero-order valence-electron chi connectivity index (χ0n) is 15.4. The number of aliphatic hydroxyl groups is 1. The maximum absolute atomic E-state index is 12.3. The third kappa shape index (κ3) is 5.77. The van der Waals surface area contributed by atoms with Crippen molar-refractivity contribution in [3.05, 3.63) is 68.7 Å². The minimum Gasteiger partial charge on any atom is -0.394 e. The van der Waals surface area contributed by atoms with E-state index in [4.69, 9.17) is 11.6 Å². The molecule has 0 fully saturated rings. The number of nitro groups is 1. The number of aliphatic hydroxyl groups excluding tert-OH is 1. The van der Waals surface area contributed by atoms with E-state index >= 15 is 0 Å². The fraction of sp³-hybridized carbons (Fsp3) is 0.263. The Labute approximate surface area is 166 Å². The number of benzene rings is 2. The van der Waals surface area contributed by atoms with E-state index < -0.39 is 16.4 Å². The summed E-state index contributed by atoms with van der Waals surface area (Å²) in [4.78, 5) is 34.4. The number of carbonyl (C=O) groups is 2. The minimum atomic E-state index is -0.699. The molecule has 0 bridgehead atoms. The molecular formula is C19H20ClN3O5. The van der Waals surface area contributed by atoms with E-state index in [0.717, 1.165) is 11.6 Å². The van der Waals surface area contributed by atoms with Crippen molar-refractivity contribution in [2.24, 2.45) is 0 Å². The van der Waals surface area contributed by atoms with Crippen LogP contribution >= 0.6 is 11.6 Å². The molecule has 0 saturated heterocycles. The van der Waals surface area contributed by atoms with E-state index in [1.165, 1.54) is 12.1 Å². The molecule has 2 rings (SSSR count). The molecule has 9 heteroatoms. The molecule has 0 radical (unpaired) electrons. The van der Waals surface area contributed by atoms with Gasteiger partial charge in [-0.3, -0.25) is 19.7 Å². The Morgan fingerprint density at radius 3 is 2.36 bits per heavy atom. The van der Waals surface area contributed by atoms with Gasteiger partial charge in [-0.25, -0.2) is 0 Å². The van der Waals surface area contributed by atoms with Crippen molar-refractivity contribution in [2.75, 3.05) is 11.9 Å². The van der Waals surface area contributed by atoms with Gasteiger partial charge in [0.1, 0.15) is 0 Å². The molecule has 148 valence electrons. The lowest BCUT2D eigenvalue weighted by atomic mass is 10.1. The molecule has 28 heavy (non-hydrogen) atoms. The van der Waals surface area contributed by atoms with Crippen molar-refractivity contribution in [1.82, 2.24) is 5.32 Å². The number of hydrogen-bond acceptors (Lipinski definition) is 5. The lowest BCUT2D eigenvalue weighted by Gasteiger charge is -2.23. The van der Waals surface area contributed by atoms with E-state index in [2.05, 4.69) is 10.6 Å². The summed E-state index contributed by atoms with van der Waals surface area (Å²) in [7, 11) is 0. The van der Waals surface area contributed by atoms with Gasteiger partial charge in [0.15, 0.2) is 0 Å². The summed E-state index contributed by atoms with van der Waals surface area (Å²) < 4.78 is 0. The molecule has 0 aliphatic carbocycles. The van der Waals surface area contributed by atoms with E-state index in [9.17, 15) is 24.8 Å². The fourth-order valence-corrected chi connectivity index (χ4v) is 2.61. The number of carbonyl (C=O) groups excluding carboxylic acids is 2. The van der Waals surface area contributed by atoms with E-state index in [1.807, 2.05) is 0 Å². The Hall–Kier alpha value is -2.97. The molecule has 0 saturated carbocycles. The zero-order valence-corrected chi connectivity index (χ0v) is 16.1. The number of hydrogen-bond donors (Lipinski definition) is 3. The Bertz CT molecular complexity index is 897. The van der Waals surface area contributed by atoms with Gasteiger partial charge < -0.3 is 15.7 Å².